The van der Waals surface area contributed by atoms with Crippen LogP contribution >= 0.6 is 11.8 Å². The van der Waals surface area contributed by atoms with Crippen LogP contribution in [0.5, 0.6) is 0 Å². The van der Waals surface area contributed by atoms with Crippen molar-refractivity contribution in [2.75, 3.05) is 30.8 Å². The molecule has 0 atom stereocenters. The number of rotatable bonds is 8. The molecule has 1 rings (SSSR count). The Morgan fingerprint density at radius 2 is 2.23 bits per heavy atom. The van der Waals surface area contributed by atoms with E-state index in [2.05, 4.69) is 11.9 Å². The van der Waals surface area contributed by atoms with Crippen LogP contribution in [-0.4, -0.2) is 47.9 Å². The second-order valence-corrected chi connectivity index (χ2v) is 5.29. The zero-order valence-electron chi connectivity index (χ0n) is 11.8. The van der Waals surface area contributed by atoms with Crippen LogP contribution in [0.2, 0.25) is 0 Å². The molecule has 0 fully saturated rings. The number of nitrogens with one attached hydrogen (secondary N) is 1. The van der Waals surface area contributed by atoms with Crippen molar-refractivity contribution in [3.63, 3.8) is 0 Å². The Morgan fingerprint density at radius 1 is 1.50 bits per heavy atom. The number of hydrogen-bond acceptors (Lipinski definition) is 3. The molecule has 0 saturated heterocycles. The van der Waals surface area contributed by atoms with Crippen molar-refractivity contribution in [2.24, 2.45) is 0 Å². The summed E-state index contributed by atoms with van der Waals surface area (Å²) in [4.78, 5) is 13.7. The number of urea groups is 1. The van der Waals surface area contributed by atoms with E-state index in [0.717, 1.165) is 23.9 Å². The van der Waals surface area contributed by atoms with Gasteiger partial charge >= 0.3 is 6.03 Å². The number of thioether (sulfide) groups is 1. The molecule has 0 aliphatic rings. The Labute approximate surface area is 131 Å². The van der Waals surface area contributed by atoms with Crippen LogP contribution in [0.25, 0.3) is 0 Å². The first kappa shape index (κ1) is 18.4. The van der Waals surface area contributed by atoms with E-state index in [9.17, 15) is 18.0 Å². The molecule has 122 valence electrons. The molecule has 0 aliphatic carbocycles. The molecule has 0 heterocycles. The molecule has 0 aromatic heterocycles. The van der Waals surface area contributed by atoms with Crippen molar-refractivity contribution in [1.29, 1.82) is 0 Å². The maximum absolute atomic E-state index is 13.3. The van der Waals surface area contributed by atoms with E-state index in [1.165, 1.54) is 17.0 Å². The molecule has 1 aromatic carbocycles. The summed E-state index contributed by atoms with van der Waals surface area (Å²) in [5, 5.41) is 11.4. The third-order valence-corrected chi connectivity index (χ3v) is 3.64. The zero-order valence-corrected chi connectivity index (χ0v) is 12.6. The fraction of sp³-hybridized carbons (Fsp3) is 0.357. The van der Waals surface area contributed by atoms with E-state index in [4.69, 9.17) is 5.11 Å². The van der Waals surface area contributed by atoms with Crippen LogP contribution in [0.4, 0.5) is 23.7 Å². The first-order valence-corrected chi connectivity index (χ1v) is 7.44. The minimum absolute atomic E-state index is 0.0761. The molecule has 0 unspecified atom stereocenters. The monoisotopic (exact) mass is 334 g/mol. The predicted molar refractivity (Wildman–Crippen MR) is 81.0 cm³/mol. The summed E-state index contributed by atoms with van der Waals surface area (Å²) >= 11 is 0.825. The number of carbonyl (C=O) groups is 1. The van der Waals surface area contributed by atoms with Gasteiger partial charge in [0.1, 0.15) is 5.82 Å². The van der Waals surface area contributed by atoms with Gasteiger partial charge in [0.05, 0.1) is 18.0 Å². The number of aliphatic hydroxyl groups excluding tert-OH is 1. The quantitative estimate of drug-likeness (QED) is 0.567. The Bertz CT molecular complexity index is 515. The number of anilines is 1. The van der Waals surface area contributed by atoms with Crippen molar-refractivity contribution >= 4 is 23.5 Å². The molecule has 0 radical (unpaired) electrons. The minimum atomic E-state index is -2.51. The Kier molecular flexibility index (Phi) is 7.83. The summed E-state index contributed by atoms with van der Waals surface area (Å²) in [6.45, 7) is 3.53. The van der Waals surface area contributed by atoms with Crippen LogP contribution in [0, 0.1) is 5.82 Å². The van der Waals surface area contributed by atoms with Gasteiger partial charge < -0.3 is 15.3 Å². The smallest absolute Gasteiger partial charge is 0.322 e. The van der Waals surface area contributed by atoms with Crippen LogP contribution in [0.1, 0.15) is 0 Å². The van der Waals surface area contributed by atoms with E-state index in [1.54, 1.807) is 0 Å². The number of halogens is 3. The molecule has 0 spiro atoms. The number of carbonyl (C=O) groups excluding carboxylic acids is 1. The van der Waals surface area contributed by atoms with Gasteiger partial charge in [-0.15, -0.1) is 18.3 Å². The summed E-state index contributed by atoms with van der Waals surface area (Å²) in [5.74, 6) is -1.05. The van der Waals surface area contributed by atoms with Crippen LogP contribution < -0.4 is 5.32 Å². The van der Waals surface area contributed by atoms with Gasteiger partial charge in [0.15, 0.2) is 0 Å². The number of alkyl halides is 2. The lowest BCUT2D eigenvalue weighted by Crippen LogP contribution is -2.37. The van der Waals surface area contributed by atoms with E-state index in [1.807, 2.05) is 0 Å². The standard InChI is InChI=1S/C14H17F3N2O2S/c1-2-5-19(6-7-20)14(21)18-11-8-10(15)3-4-12(11)22-9-13(16)17/h2-4,8,13,20H,1,5-7,9H2,(H,18,21). The molecule has 1 aromatic rings. The van der Waals surface area contributed by atoms with Gasteiger partial charge in [-0.1, -0.05) is 6.08 Å². The summed E-state index contributed by atoms with van der Waals surface area (Å²) in [5.41, 5.74) is 0.114. The largest absolute Gasteiger partial charge is 0.395 e. The number of hydrogen-bond donors (Lipinski definition) is 2. The summed E-state index contributed by atoms with van der Waals surface area (Å²) in [6.07, 6.45) is -1.03. The fourth-order valence-corrected chi connectivity index (χ4v) is 2.36. The number of benzene rings is 1. The average molecular weight is 334 g/mol. The van der Waals surface area contributed by atoms with Gasteiger partial charge in [0.25, 0.3) is 0 Å². The van der Waals surface area contributed by atoms with Gasteiger partial charge in [0, 0.05) is 18.0 Å². The SMILES string of the molecule is C=CCN(CCO)C(=O)Nc1cc(F)ccc1SCC(F)F. The third-order valence-electron chi connectivity index (χ3n) is 2.55. The molecular formula is C14H17F3N2O2S. The third kappa shape index (κ3) is 5.98. The molecule has 0 bridgehead atoms. The summed E-state index contributed by atoms with van der Waals surface area (Å²) in [6, 6.07) is 2.97. The lowest BCUT2D eigenvalue weighted by Gasteiger charge is -2.21. The molecule has 8 heteroatoms. The van der Waals surface area contributed by atoms with Crippen molar-refractivity contribution in [2.45, 2.75) is 11.3 Å². The average Bonchev–Trinajstić information content (AvgIpc) is 2.46. The predicted octanol–water partition coefficient (Wildman–Crippen LogP) is 3.20. The summed E-state index contributed by atoms with van der Waals surface area (Å²) < 4.78 is 37.9. The number of amides is 2. The highest BCUT2D eigenvalue weighted by Crippen LogP contribution is 2.29. The Morgan fingerprint density at radius 3 is 2.82 bits per heavy atom. The van der Waals surface area contributed by atoms with Gasteiger partial charge in [0.2, 0.25) is 6.43 Å². The van der Waals surface area contributed by atoms with E-state index in [0.29, 0.717) is 4.90 Å². The maximum Gasteiger partial charge on any atom is 0.322 e. The molecule has 0 aliphatic heterocycles. The lowest BCUT2D eigenvalue weighted by molar-refractivity contribution is 0.177. The van der Waals surface area contributed by atoms with Crippen molar-refractivity contribution in [1.82, 2.24) is 4.90 Å². The second-order valence-electron chi connectivity index (χ2n) is 4.23. The summed E-state index contributed by atoms with van der Waals surface area (Å²) in [7, 11) is 0. The maximum atomic E-state index is 13.3. The molecule has 22 heavy (non-hydrogen) atoms. The second kappa shape index (κ2) is 9.37. The molecular weight excluding hydrogens is 317 g/mol. The van der Waals surface area contributed by atoms with Crippen molar-refractivity contribution in [3.05, 3.63) is 36.7 Å². The van der Waals surface area contributed by atoms with E-state index < -0.39 is 24.0 Å². The number of aliphatic hydroxyl groups is 1. The highest BCUT2D eigenvalue weighted by molar-refractivity contribution is 7.99. The van der Waals surface area contributed by atoms with Crippen LogP contribution in [0.3, 0.4) is 0 Å². The topological polar surface area (TPSA) is 52.6 Å². The first-order chi connectivity index (χ1) is 10.5. The Hall–Kier alpha value is -1.67. The minimum Gasteiger partial charge on any atom is -0.395 e. The van der Waals surface area contributed by atoms with Gasteiger partial charge in [-0.2, -0.15) is 0 Å². The van der Waals surface area contributed by atoms with Crippen LogP contribution in [-0.2, 0) is 0 Å². The van der Waals surface area contributed by atoms with Gasteiger partial charge in [-0.25, -0.2) is 18.0 Å². The van der Waals surface area contributed by atoms with Crippen LogP contribution in [0.15, 0.2) is 35.7 Å². The Balaban J connectivity index is 2.87. The van der Waals surface area contributed by atoms with Gasteiger partial charge in [-0.05, 0) is 18.2 Å². The highest BCUT2D eigenvalue weighted by atomic mass is 32.2. The normalized spacial score (nSPS) is 10.6. The molecule has 2 N–H and O–H groups in total. The van der Waals surface area contributed by atoms with Crippen molar-refractivity contribution < 1.29 is 23.1 Å². The lowest BCUT2D eigenvalue weighted by atomic mass is 10.3. The highest BCUT2D eigenvalue weighted by Gasteiger charge is 2.15. The molecule has 0 saturated carbocycles. The fourth-order valence-electron chi connectivity index (χ4n) is 1.63. The van der Waals surface area contributed by atoms with Gasteiger partial charge in [-0.3, -0.25) is 0 Å². The molecule has 2 amide bonds. The zero-order chi connectivity index (χ0) is 16.5. The molecule has 4 nitrogen and oxygen atoms in total. The number of nitrogens with zero attached hydrogens (tertiary/aromatic N) is 1. The first-order valence-electron chi connectivity index (χ1n) is 6.46. The van der Waals surface area contributed by atoms with E-state index in [-0.39, 0.29) is 25.4 Å². The van der Waals surface area contributed by atoms with E-state index >= 15 is 0 Å². The van der Waals surface area contributed by atoms with Crippen molar-refractivity contribution in [3.8, 4) is 0 Å².